The minimum atomic E-state index is -1.44. The van der Waals surface area contributed by atoms with Crippen molar-refractivity contribution in [3.63, 3.8) is 0 Å². The topological polar surface area (TPSA) is 20.2 Å². The number of hydrogen-bond donors (Lipinski definition) is 1. The van der Waals surface area contributed by atoms with Crippen LogP contribution in [-0.4, -0.2) is 10.7 Å². The van der Waals surface area contributed by atoms with E-state index in [4.69, 9.17) is 39.9 Å². The van der Waals surface area contributed by atoms with Gasteiger partial charge >= 0.3 is 0 Å². The second-order valence-corrected chi connectivity index (χ2v) is 4.12. The summed E-state index contributed by atoms with van der Waals surface area (Å²) in [6.45, 7) is 0. The summed E-state index contributed by atoms with van der Waals surface area (Å²) in [7, 11) is 0. The fourth-order valence-electron chi connectivity index (χ4n) is 0.798. The van der Waals surface area contributed by atoms with Gasteiger partial charge in [-0.1, -0.05) is 65.1 Å². The lowest BCUT2D eigenvalue weighted by Gasteiger charge is -2.21. The minimum absolute atomic E-state index is 0.579. The molecule has 1 unspecified atom stereocenters. The zero-order valence-electron chi connectivity index (χ0n) is 6.05. The highest BCUT2D eigenvalue weighted by Crippen LogP contribution is 2.38. The molecule has 1 atom stereocenters. The molecular formula is C8H7Cl3O. The van der Waals surface area contributed by atoms with E-state index in [1.807, 2.05) is 6.07 Å². The molecule has 0 fully saturated rings. The largest absolute Gasteiger partial charge is 0.374 e. The van der Waals surface area contributed by atoms with Crippen LogP contribution in [0.3, 0.4) is 0 Å². The zero-order chi connectivity index (χ0) is 9.19. The van der Waals surface area contributed by atoms with Gasteiger partial charge in [0, 0.05) is 0 Å². The van der Waals surface area contributed by atoms with Crippen molar-refractivity contribution in [1.29, 1.82) is 0 Å². The number of benzene rings is 1. The van der Waals surface area contributed by atoms with Gasteiger partial charge in [0.05, 0.1) is 0 Å². The third kappa shape index (κ3) is 2.05. The van der Waals surface area contributed by atoms with E-state index >= 15 is 0 Å². The molecule has 0 aliphatic rings. The van der Waals surface area contributed by atoms with Crippen molar-refractivity contribution in [2.75, 3.05) is 0 Å². The quantitative estimate of drug-likeness (QED) is 0.768. The van der Waals surface area contributed by atoms with Gasteiger partial charge in [0.15, 0.2) is 9.90 Å². The molecule has 0 bridgehead atoms. The van der Waals surface area contributed by atoms with E-state index in [9.17, 15) is 0 Å². The maximum atomic E-state index is 9.04. The van der Waals surface area contributed by atoms with Gasteiger partial charge in [0.1, 0.15) is 0 Å². The predicted molar refractivity (Wildman–Crippen MR) is 51.7 cm³/mol. The molecular weight excluding hydrogens is 218 g/mol. The molecule has 0 radical (unpaired) electrons. The second-order valence-electron chi connectivity index (χ2n) is 2.32. The maximum Gasteiger partial charge on any atom is 0.182 e. The summed E-state index contributed by atoms with van der Waals surface area (Å²) >= 11 is 17.0. The lowest BCUT2D eigenvalue weighted by molar-refractivity contribution is 0.237. The van der Waals surface area contributed by atoms with E-state index < -0.39 is 9.90 Å². The summed E-state index contributed by atoms with van der Waals surface area (Å²) in [6, 6.07) is 8.77. The highest BCUT2D eigenvalue weighted by molar-refractivity contribution is 6.51. The normalized spacial score (nSPS) is 14.3. The first kappa shape index (κ1) is 10.1. The first-order valence-electron chi connectivity index (χ1n) is 3.30. The van der Waals surface area contributed by atoms with Crippen LogP contribution in [0, 0.1) is 0 Å². The third-order valence-electron chi connectivity index (χ3n) is 1.46. The van der Waals surface area contributed by atoms with E-state index in [1.54, 1.807) is 24.3 Å². The highest BCUT2D eigenvalue weighted by atomic mass is 35.5. The van der Waals surface area contributed by atoms with Crippen LogP contribution in [0.2, 0.25) is 0 Å². The Bertz CT molecular complexity index is 246. The fraction of sp³-hybridized carbons (Fsp3) is 0.250. The zero-order valence-corrected chi connectivity index (χ0v) is 8.31. The molecule has 0 aliphatic heterocycles. The Morgan fingerprint density at radius 3 is 2.08 bits per heavy atom. The average molecular weight is 226 g/mol. The summed E-state index contributed by atoms with van der Waals surface area (Å²) in [5.41, 5.74) is -0.737. The van der Waals surface area contributed by atoms with Gasteiger partial charge in [-0.25, -0.2) is 0 Å². The van der Waals surface area contributed by atoms with Gasteiger partial charge in [-0.2, -0.15) is 0 Å². The molecule has 4 heteroatoms. The minimum Gasteiger partial charge on any atom is -0.374 e. The smallest absolute Gasteiger partial charge is 0.182 e. The summed E-state index contributed by atoms with van der Waals surface area (Å²) in [6.07, 6.45) is 0. The van der Waals surface area contributed by atoms with Gasteiger partial charge in [-0.15, -0.1) is 0 Å². The van der Waals surface area contributed by atoms with E-state index in [2.05, 4.69) is 0 Å². The predicted octanol–water partition coefficient (Wildman–Crippen LogP) is 2.87. The molecule has 0 aromatic heterocycles. The Morgan fingerprint density at radius 2 is 1.67 bits per heavy atom. The van der Waals surface area contributed by atoms with Crippen LogP contribution < -0.4 is 0 Å². The third-order valence-corrected chi connectivity index (χ3v) is 2.86. The molecule has 66 valence electrons. The van der Waals surface area contributed by atoms with Crippen LogP contribution in [0.5, 0.6) is 0 Å². The number of hydrogen-bond acceptors (Lipinski definition) is 1. The molecule has 12 heavy (non-hydrogen) atoms. The highest BCUT2D eigenvalue weighted by Gasteiger charge is 2.33. The summed E-state index contributed by atoms with van der Waals surface area (Å²) in [5.74, 6) is 0. The SMILES string of the molecule is OC(Cl)C(Cl)(Cl)c1ccccc1. The number of rotatable bonds is 2. The van der Waals surface area contributed by atoms with Crippen molar-refractivity contribution < 1.29 is 5.11 Å². The van der Waals surface area contributed by atoms with Crippen LogP contribution in [0.25, 0.3) is 0 Å². The van der Waals surface area contributed by atoms with Crippen LogP contribution >= 0.6 is 34.8 Å². The molecule has 0 amide bonds. The molecule has 1 aromatic carbocycles. The van der Waals surface area contributed by atoms with Crippen LogP contribution in [0.1, 0.15) is 5.56 Å². The fourth-order valence-corrected chi connectivity index (χ4v) is 1.18. The van der Waals surface area contributed by atoms with Crippen molar-refractivity contribution in [1.82, 2.24) is 0 Å². The van der Waals surface area contributed by atoms with Crippen molar-refractivity contribution in [2.24, 2.45) is 0 Å². The van der Waals surface area contributed by atoms with Gasteiger partial charge in [-0.3, -0.25) is 0 Å². The molecule has 1 aromatic rings. The van der Waals surface area contributed by atoms with Crippen molar-refractivity contribution >= 4 is 34.8 Å². The molecule has 0 aliphatic carbocycles. The Kier molecular flexibility index (Phi) is 3.24. The van der Waals surface area contributed by atoms with Crippen molar-refractivity contribution in [3.05, 3.63) is 35.9 Å². The summed E-state index contributed by atoms with van der Waals surface area (Å²) in [5, 5.41) is 9.04. The summed E-state index contributed by atoms with van der Waals surface area (Å²) < 4.78 is -1.44. The van der Waals surface area contributed by atoms with Crippen LogP contribution in [0.15, 0.2) is 30.3 Å². The standard InChI is InChI=1S/C8H7Cl3O/c9-7(12)8(10,11)6-4-2-1-3-5-6/h1-5,7,12H. The van der Waals surface area contributed by atoms with E-state index in [0.717, 1.165) is 0 Å². The van der Waals surface area contributed by atoms with Crippen molar-refractivity contribution in [2.45, 2.75) is 9.90 Å². The first-order chi connectivity index (χ1) is 5.55. The summed E-state index contributed by atoms with van der Waals surface area (Å²) in [4.78, 5) is 0. The number of aliphatic hydroxyl groups excluding tert-OH is 1. The average Bonchev–Trinajstić information content (AvgIpc) is 2.06. The number of alkyl halides is 3. The van der Waals surface area contributed by atoms with Crippen LogP contribution in [0.4, 0.5) is 0 Å². The van der Waals surface area contributed by atoms with Gasteiger partial charge < -0.3 is 5.11 Å². The lowest BCUT2D eigenvalue weighted by atomic mass is 10.1. The Balaban J connectivity index is 2.98. The molecule has 0 spiro atoms. The molecule has 1 nitrogen and oxygen atoms in total. The first-order valence-corrected chi connectivity index (χ1v) is 4.50. The Hall–Kier alpha value is 0.0500. The Morgan fingerprint density at radius 1 is 1.17 bits per heavy atom. The van der Waals surface area contributed by atoms with E-state index in [1.165, 1.54) is 0 Å². The van der Waals surface area contributed by atoms with Gasteiger partial charge in [0.2, 0.25) is 0 Å². The van der Waals surface area contributed by atoms with E-state index in [-0.39, 0.29) is 0 Å². The van der Waals surface area contributed by atoms with Gasteiger partial charge in [0.25, 0.3) is 0 Å². The molecule has 0 heterocycles. The Labute approximate surface area is 85.9 Å². The molecule has 0 saturated heterocycles. The monoisotopic (exact) mass is 224 g/mol. The molecule has 0 saturated carbocycles. The van der Waals surface area contributed by atoms with E-state index in [0.29, 0.717) is 5.56 Å². The second kappa shape index (κ2) is 3.84. The number of aliphatic hydroxyl groups is 1. The lowest BCUT2D eigenvalue weighted by Crippen LogP contribution is -2.23. The molecule has 1 N–H and O–H groups in total. The number of halogens is 3. The van der Waals surface area contributed by atoms with Crippen molar-refractivity contribution in [3.8, 4) is 0 Å². The maximum absolute atomic E-state index is 9.04. The van der Waals surface area contributed by atoms with Crippen LogP contribution in [-0.2, 0) is 4.33 Å². The molecule has 1 rings (SSSR count). The van der Waals surface area contributed by atoms with Gasteiger partial charge in [-0.05, 0) is 5.56 Å².